The van der Waals surface area contributed by atoms with E-state index in [2.05, 4.69) is 15.2 Å². The summed E-state index contributed by atoms with van der Waals surface area (Å²) in [7, 11) is 0. The monoisotopic (exact) mass is 267 g/mol. The third kappa shape index (κ3) is 2.87. The molecule has 2 rings (SSSR count). The highest BCUT2D eigenvalue weighted by Gasteiger charge is 2.08. The van der Waals surface area contributed by atoms with Crippen LogP contribution in [0.3, 0.4) is 0 Å². The van der Waals surface area contributed by atoms with E-state index < -0.39 is 0 Å². The van der Waals surface area contributed by atoms with Gasteiger partial charge in [0, 0.05) is 10.5 Å². The summed E-state index contributed by atoms with van der Waals surface area (Å²) in [6.07, 6.45) is 0. The van der Waals surface area contributed by atoms with Crippen LogP contribution in [0.25, 0.3) is 0 Å². The molecule has 1 N–H and O–H groups in total. The highest BCUT2D eigenvalue weighted by molar-refractivity contribution is 7.99. The number of halogens is 1. The topological polar surface area (TPSA) is 58.6 Å². The maximum Gasteiger partial charge on any atom is 0.213 e. The first-order chi connectivity index (χ1) is 8.06. The predicted molar refractivity (Wildman–Crippen MR) is 66.7 cm³/mol. The number of aromatic nitrogens is 3. The molecule has 2 aromatic rings. The molecule has 0 bridgehead atoms. The van der Waals surface area contributed by atoms with Gasteiger partial charge in [-0.3, -0.25) is 9.89 Å². The lowest BCUT2D eigenvalue weighted by molar-refractivity contribution is 0.101. The lowest BCUT2D eigenvalue weighted by atomic mass is 10.1. The number of nitrogens with one attached hydrogen (secondary N) is 1. The van der Waals surface area contributed by atoms with Gasteiger partial charge in [0.2, 0.25) is 5.16 Å². The second kappa shape index (κ2) is 4.89. The van der Waals surface area contributed by atoms with Crippen molar-refractivity contribution in [2.45, 2.75) is 23.9 Å². The van der Waals surface area contributed by atoms with E-state index >= 15 is 0 Å². The largest absolute Gasteiger partial charge is 0.294 e. The molecule has 0 aliphatic rings. The average molecular weight is 268 g/mol. The molecule has 0 spiro atoms. The number of aromatic amines is 1. The normalized spacial score (nSPS) is 10.5. The first-order valence-corrected chi connectivity index (χ1v) is 6.13. The summed E-state index contributed by atoms with van der Waals surface area (Å²) in [6.45, 7) is 3.33. The molecular formula is C11H10ClN3OS. The molecule has 0 radical (unpaired) electrons. The number of rotatable bonds is 3. The van der Waals surface area contributed by atoms with E-state index in [4.69, 9.17) is 11.6 Å². The molecule has 0 aliphatic carbocycles. The Bertz CT molecular complexity index is 568. The number of aryl methyl sites for hydroxylation is 1. The number of ketones is 1. The van der Waals surface area contributed by atoms with E-state index in [9.17, 15) is 4.79 Å². The first-order valence-electron chi connectivity index (χ1n) is 4.93. The van der Waals surface area contributed by atoms with Gasteiger partial charge in [0.15, 0.2) is 5.78 Å². The van der Waals surface area contributed by atoms with Crippen LogP contribution in [0.4, 0.5) is 0 Å². The van der Waals surface area contributed by atoms with E-state index in [0.29, 0.717) is 15.7 Å². The second-order valence-electron chi connectivity index (χ2n) is 3.50. The Labute approximate surface area is 108 Å². The molecule has 0 amide bonds. The molecule has 1 aromatic heterocycles. The molecule has 0 saturated heterocycles. The molecule has 0 atom stereocenters. The molecular weight excluding hydrogens is 258 g/mol. The van der Waals surface area contributed by atoms with E-state index in [1.54, 1.807) is 12.1 Å². The van der Waals surface area contributed by atoms with Crippen molar-refractivity contribution < 1.29 is 4.79 Å². The smallest absolute Gasteiger partial charge is 0.213 e. The summed E-state index contributed by atoms with van der Waals surface area (Å²) in [5.74, 6) is 0.722. The lowest BCUT2D eigenvalue weighted by Gasteiger charge is -2.02. The summed E-state index contributed by atoms with van der Waals surface area (Å²) < 4.78 is 0. The molecule has 88 valence electrons. The SMILES string of the molecule is CC(=O)c1ccc(Sc2n[nH]c(C)n2)cc1Cl. The van der Waals surface area contributed by atoms with Crippen LogP contribution in [0, 0.1) is 6.92 Å². The molecule has 17 heavy (non-hydrogen) atoms. The Kier molecular flexibility index (Phi) is 3.49. The van der Waals surface area contributed by atoms with Crippen LogP contribution >= 0.6 is 23.4 Å². The summed E-state index contributed by atoms with van der Waals surface area (Å²) in [6, 6.07) is 5.29. The summed E-state index contributed by atoms with van der Waals surface area (Å²) in [4.78, 5) is 16.3. The fraction of sp³-hybridized carbons (Fsp3) is 0.182. The van der Waals surface area contributed by atoms with Crippen LogP contribution in [0.1, 0.15) is 23.1 Å². The zero-order valence-electron chi connectivity index (χ0n) is 9.32. The van der Waals surface area contributed by atoms with Crippen LogP contribution in [-0.4, -0.2) is 21.0 Å². The number of H-pyrrole nitrogens is 1. The Hall–Kier alpha value is -1.33. The summed E-state index contributed by atoms with van der Waals surface area (Å²) in [5, 5.41) is 7.87. The van der Waals surface area contributed by atoms with E-state index in [1.165, 1.54) is 18.7 Å². The van der Waals surface area contributed by atoms with E-state index in [-0.39, 0.29) is 5.78 Å². The summed E-state index contributed by atoms with van der Waals surface area (Å²) >= 11 is 7.41. The molecule has 0 saturated carbocycles. The zero-order valence-corrected chi connectivity index (χ0v) is 10.9. The molecule has 0 fully saturated rings. The van der Waals surface area contributed by atoms with Gasteiger partial charge < -0.3 is 0 Å². The standard InChI is InChI=1S/C11H10ClN3OS/c1-6(16)9-4-3-8(5-10(9)12)17-11-13-7(2)14-15-11/h3-5H,1-2H3,(H,13,14,15). The molecule has 1 heterocycles. The molecule has 0 aliphatic heterocycles. The predicted octanol–water partition coefficient (Wildman–Crippen LogP) is 3.12. The van der Waals surface area contributed by atoms with Gasteiger partial charge in [0.25, 0.3) is 0 Å². The zero-order chi connectivity index (χ0) is 12.4. The van der Waals surface area contributed by atoms with Gasteiger partial charge in [0.05, 0.1) is 5.02 Å². The highest BCUT2D eigenvalue weighted by Crippen LogP contribution is 2.28. The van der Waals surface area contributed by atoms with Crippen molar-refractivity contribution in [1.29, 1.82) is 0 Å². The Morgan fingerprint density at radius 3 is 2.76 bits per heavy atom. The number of benzene rings is 1. The van der Waals surface area contributed by atoms with Gasteiger partial charge in [-0.1, -0.05) is 11.6 Å². The minimum Gasteiger partial charge on any atom is -0.294 e. The van der Waals surface area contributed by atoms with Crippen LogP contribution in [0.15, 0.2) is 28.3 Å². The second-order valence-corrected chi connectivity index (χ2v) is 4.95. The van der Waals surface area contributed by atoms with E-state index in [1.807, 2.05) is 13.0 Å². The quantitative estimate of drug-likeness (QED) is 0.868. The molecule has 0 unspecified atom stereocenters. The van der Waals surface area contributed by atoms with Crippen molar-refractivity contribution in [1.82, 2.24) is 15.2 Å². The fourth-order valence-electron chi connectivity index (χ4n) is 1.32. The van der Waals surface area contributed by atoms with Gasteiger partial charge >= 0.3 is 0 Å². The average Bonchev–Trinajstić information content (AvgIpc) is 2.63. The Balaban J connectivity index is 2.23. The van der Waals surface area contributed by atoms with Crippen LogP contribution in [0.2, 0.25) is 5.02 Å². The third-order valence-electron chi connectivity index (χ3n) is 2.11. The van der Waals surface area contributed by atoms with Crippen molar-refractivity contribution in [3.63, 3.8) is 0 Å². The fourth-order valence-corrected chi connectivity index (χ4v) is 2.49. The first kappa shape index (κ1) is 12.1. The van der Waals surface area contributed by atoms with Crippen molar-refractivity contribution in [3.8, 4) is 0 Å². The number of Topliss-reactive ketones (excluding diaryl/α,β-unsaturated/α-hetero) is 1. The molecule has 4 nitrogen and oxygen atoms in total. The summed E-state index contributed by atoms with van der Waals surface area (Å²) in [5.41, 5.74) is 0.530. The maximum atomic E-state index is 11.2. The highest BCUT2D eigenvalue weighted by atomic mass is 35.5. The number of hydrogen-bond acceptors (Lipinski definition) is 4. The van der Waals surface area contributed by atoms with Gasteiger partial charge in [-0.15, -0.1) is 5.10 Å². The number of hydrogen-bond donors (Lipinski definition) is 1. The third-order valence-corrected chi connectivity index (χ3v) is 3.27. The van der Waals surface area contributed by atoms with Crippen LogP contribution in [-0.2, 0) is 0 Å². The minimum atomic E-state index is -0.0414. The Morgan fingerprint density at radius 1 is 1.47 bits per heavy atom. The van der Waals surface area contributed by atoms with Gasteiger partial charge in [-0.05, 0) is 43.8 Å². The van der Waals surface area contributed by atoms with Crippen molar-refractivity contribution in [2.24, 2.45) is 0 Å². The van der Waals surface area contributed by atoms with Crippen molar-refractivity contribution in [2.75, 3.05) is 0 Å². The number of carbonyl (C=O) groups is 1. The van der Waals surface area contributed by atoms with Gasteiger partial charge in [0.1, 0.15) is 5.82 Å². The van der Waals surface area contributed by atoms with Crippen molar-refractivity contribution in [3.05, 3.63) is 34.6 Å². The minimum absolute atomic E-state index is 0.0414. The van der Waals surface area contributed by atoms with Gasteiger partial charge in [-0.2, -0.15) is 0 Å². The maximum absolute atomic E-state index is 11.2. The number of carbonyl (C=O) groups excluding carboxylic acids is 1. The molecule has 1 aromatic carbocycles. The van der Waals surface area contributed by atoms with E-state index in [0.717, 1.165) is 10.7 Å². The van der Waals surface area contributed by atoms with Crippen molar-refractivity contribution >= 4 is 29.1 Å². The number of nitrogens with zero attached hydrogens (tertiary/aromatic N) is 2. The van der Waals surface area contributed by atoms with Crippen LogP contribution < -0.4 is 0 Å². The molecule has 6 heteroatoms. The Morgan fingerprint density at radius 2 is 2.24 bits per heavy atom. The van der Waals surface area contributed by atoms with Gasteiger partial charge in [-0.25, -0.2) is 4.98 Å². The lowest BCUT2D eigenvalue weighted by Crippen LogP contribution is -1.92. The van der Waals surface area contributed by atoms with Crippen LogP contribution in [0.5, 0.6) is 0 Å².